The minimum Gasteiger partial charge on any atom is -0.394 e. The van der Waals surface area contributed by atoms with E-state index in [1.54, 1.807) is 0 Å². The van der Waals surface area contributed by atoms with Crippen molar-refractivity contribution in [3.63, 3.8) is 0 Å². The highest BCUT2D eigenvalue weighted by molar-refractivity contribution is 4.81. The molecule has 0 aromatic rings. The van der Waals surface area contributed by atoms with Crippen LogP contribution in [0.3, 0.4) is 0 Å². The van der Waals surface area contributed by atoms with Crippen molar-refractivity contribution in [3.05, 3.63) is 0 Å². The van der Waals surface area contributed by atoms with E-state index in [4.69, 9.17) is 9.84 Å². The van der Waals surface area contributed by atoms with E-state index in [0.717, 1.165) is 25.4 Å². The van der Waals surface area contributed by atoms with E-state index in [1.807, 2.05) is 0 Å². The van der Waals surface area contributed by atoms with Crippen LogP contribution >= 0.6 is 0 Å². The molecule has 7 nitrogen and oxygen atoms in total. The zero-order chi connectivity index (χ0) is 19.8. The summed E-state index contributed by atoms with van der Waals surface area (Å²) in [6, 6.07) is 0. The summed E-state index contributed by atoms with van der Waals surface area (Å²) in [5, 5.41) is 49.8. The third-order valence-electron chi connectivity index (χ3n) is 4.39. The number of aliphatic hydroxyl groups is 5. The molecular weight excluding hydrogens is 338 g/mol. The molecule has 0 spiro atoms. The highest BCUT2D eigenvalue weighted by Gasteiger charge is 2.29. The Bertz CT molecular complexity index is 306. The van der Waals surface area contributed by atoms with Crippen LogP contribution < -0.4 is 5.32 Å². The van der Waals surface area contributed by atoms with Gasteiger partial charge in [0.25, 0.3) is 0 Å². The number of unbranched alkanes of at least 4 members (excludes halogenated alkanes) is 4. The lowest BCUT2D eigenvalue weighted by atomic mass is 10.0. The zero-order valence-corrected chi connectivity index (χ0v) is 16.5. The van der Waals surface area contributed by atoms with Crippen molar-refractivity contribution in [1.29, 1.82) is 0 Å². The van der Waals surface area contributed by atoms with Crippen LogP contribution in [0.15, 0.2) is 0 Å². The number of hydrogen-bond donors (Lipinski definition) is 6. The van der Waals surface area contributed by atoms with E-state index < -0.39 is 31.0 Å². The standard InChI is InChI=1S/C19H41NO6/c1-15(2)9-6-4-3-5-7-11-26-12-8-10-20-13-16(22)18(24)19(25)17(23)14-21/h15-25H,3-14H2,1-2H3/t16-,17+,18+,19+/m0/s1. The number of ether oxygens (including phenoxy) is 1. The maximum absolute atomic E-state index is 9.73. The fraction of sp³-hybridized carbons (Fsp3) is 1.00. The second kappa shape index (κ2) is 16.9. The Kier molecular flexibility index (Phi) is 16.7. The van der Waals surface area contributed by atoms with Gasteiger partial charge in [-0.05, 0) is 25.3 Å². The van der Waals surface area contributed by atoms with Crippen LogP contribution in [0.5, 0.6) is 0 Å². The molecule has 0 rings (SSSR count). The second-order valence-corrected chi connectivity index (χ2v) is 7.42. The number of aliphatic hydroxyl groups excluding tert-OH is 5. The van der Waals surface area contributed by atoms with Crippen molar-refractivity contribution in [2.75, 3.05) is 32.9 Å². The van der Waals surface area contributed by atoms with E-state index in [0.29, 0.717) is 13.2 Å². The fourth-order valence-electron chi connectivity index (χ4n) is 2.62. The molecule has 0 radical (unpaired) electrons. The SMILES string of the molecule is CC(C)CCCCCCCOCCCNC[C@H](O)[C@@H](O)[C@H](O)[C@H](O)CO. The van der Waals surface area contributed by atoms with Crippen molar-refractivity contribution in [3.8, 4) is 0 Å². The van der Waals surface area contributed by atoms with Crippen LogP contribution in [-0.4, -0.2) is 82.9 Å². The molecule has 0 heterocycles. The summed E-state index contributed by atoms with van der Waals surface area (Å²) in [6.45, 7) is 5.98. The minimum atomic E-state index is -1.58. The topological polar surface area (TPSA) is 122 Å². The number of nitrogens with one attached hydrogen (secondary N) is 1. The lowest BCUT2D eigenvalue weighted by Crippen LogP contribution is -2.49. The van der Waals surface area contributed by atoms with Gasteiger partial charge in [-0.3, -0.25) is 0 Å². The average Bonchev–Trinajstić information content (AvgIpc) is 2.62. The maximum Gasteiger partial charge on any atom is 0.111 e. The zero-order valence-electron chi connectivity index (χ0n) is 16.5. The van der Waals surface area contributed by atoms with Crippen LogP contribution in [0.2, 0.25) is 0 Å². The predicted octanol–water partition coefficient (Wildman–Crippen LogP) is 0.415. The van der Waals surface area contributed by atoms with Gasteiger partial charge in [0.15, 0.2) is 0 Å². The molecule has 0 saturated carbocycles. The minimum absolute atomic E-state index is 0.0900. The molecule has 0 bridgehead atoms. The lowest BCUT2D eigenvalue weighted by Gasteiger charge is -2.25. The summed E-state index contributed by atoms with van der Waals surface area (Å²) >= 11 is 0. The Morgan fingerprint density at radius 3 is 2.00 bits per heavy atom. The van der Waals surface area contributed by atoms with Crippen LogP contribution in [0.4, 0.5) is 0 Å². The van der Waals surface area contributed by atoms with Crippen LogP contribution in [0, 0.1) is 5.92 Å². The molecule has 0 aliphatic rings. The molecule has 0 fully saturated rings. The first-order valence-electron chi connectivity index (χ1n) is 10.0. The second-order valence-electron chi connectivity index (χ2n) is 7.42. The quantitative estimate of drug-likeness (QED) is 0.191. The molecule has 0 aromatic carbocycles. The molecule has 0 amide bonds. The van der Waals surface area contributed by atoms with Crippen LogP contribution in [0.1, 0.15) is 58.8 Å². The van der Waals surface area contributed by atoms with Gasteiger partial charge in [-0.1, -0.05) is 46.0 Å². The summed E-state index contributed by atoms with van der Waals surface area (Å²) < 4.78 is 5.56. The van der Waals surface area contributed by atoms with E-state index in [2.05, 4.69) is 19.2 Å². The average molecular weight is 380 g/mol. The Balaban J connectivity index is 3.40. The van der Waals surface area contributed by atoms with E-state index in [1.165, 1.54) is 32.1 Å². The van der Waals surface area contributed by atoms with Gasteiger partial charge in [0.05, 0.1) is 12.7 Å². The molecule has 0 aliphatic heterocycles. The number of hydrogen-bond acceptors (Lipinski definition) is 7. The maximum atomic E-state index is 9.73. The first kappa shape index (κ1) is 25.7. The predicted molar refractivity (Wildman–Crippen MR) is 102 cm³/mol. The van der Waals surface area contributed by atoms with Crippen LogP contribution in [-0.2, 0) is 4.74 Å². The molecule has 4 atom stereocenters. The molecule has 7 heteroatoms. The van der Waals surface area contributed by atoms with Crippen molar-refractivity contribution < 1.29 is 30.3 Å². The molecule has 0 unspecified atom stereocenters. The molecule has 0 saturated heterocycles. The third kappa shape index (κ3) is 13.9. The summed E-state index contributed by atoms with van der Waals surface area (Å²) in [5.74, 6) is 0.800. The van der Waals surface area contributed by atoms with Gasteiger partial charge in [0, 0.05) is 19.8 Å². The first-order chi connectivity index (χ1) is 12.4. The van der Waals surface area contributed by atoms with Crippen molar-refractivity contribution >= 4 is 0 Å². The Morgan fingerprint density at radius 1 is 0.769 bits per heavy atom. The van der Waals surface area contributed by atoms with Gasteiger partial charge in [-0.15, -0.1) is 0 Å². The highest BCUT2D eigenvalue weighted by atomic mass is 16.5. The molecule has 0 aromatic heterocycles. The van der Waals surface area contributed by atoms with Gasteiger partial charge in [0.2, 0.25) is 0 Å². The Hall–Kier alpha value is -0.280. The van der Waals surface area contributed by atoms with Gasteiger partial charge < -0.3 is 35.6 Å². The lowest BCUT2D eigenvalue weighted by molar-refractivity contribution is -0.113. The number of rotatable bonds is 18. The Morgan fingerprint density at radius 2 is 1.35 bits per heavy atom. The highest BCUT2D eigenvalue weighted by Crippen LogP contribution is 2.10. The van der Waals surface area contributed by atoms with Gasteiger partial charge in [-0.2, -0.15) is 0 Å². The summed E-state index contributed by atoms with van der Waals surface area (Å²) in [7, 11) is 0. The van der Waals surface area contributed by atoms with E-state index in [-0.39, 0.29) is 6.54 Å². The third-order valence-corrected chi connectivity index (χ3v) is 4.39. The Labute approximate surface area is 158 Å². The van der Waals surface area contributed by atoms with Crippen molar-refractivity contribution in [1.82, 2.24) is 5.32 Å². The first-order valence-corrected chi connectivity index (χ1v) is 10.0. The van der Waals surface area contributed by atoms with E-state index in [9.17, 15) is 20.4 Å². The van der Waals surface area contributed by atoms with Gasteiger partial charge >= 0.3 is 0 Å². The normalized spacial score (nSPS) is 16.6. The van der Waals surface area contributed by atoms with Gasteiger partial charge in [-0.25, -0.2) is 0 Å². The molecule has 6 N–H and O–H groups in total. The van der Waals surface area contributed by atoms with E-state index >= 15 is 0 Å². The molecular formula is C19H41NO6. The van der Waals surface area contributed by atoms with Gasteiger partial charge in [0.1, 0.15) is 18.3 Å². The van der Waals surface area contributed by atoms with Crippen molar-refractivity contribution in [2.24, 2.45) is 5.92 Å². The monoisotopic (exact) mass is 379 g/mol. The largest absolute Gasteiger partial charge is 0.394 e. The molecule has 0 aliphatic carbocycles. The summed E-state index contributed by atoms with van der Waals surface area (Å²) in [5.41, 5.74) is 0. The molecule has 158 valence electrons. The summed E-state index contributed by atoms with van der Waals surface area (Å²) in [6.07, 6.45) is 2.52. The van der Waals surface area contributed by atoms with Crippen molar-refractivity contribution in [2.45, 2.75) is 83.2 Å². The smallest absolute Gasteiger partial charge is 0.111 e. The van der Waals surface area contributed by atoms with Crippen LogP contribution in [0.25, 0.3) is 0 Å². The summed E-state index contributed by atoms with van der Waals surface area (Å²) in [4.78, 5) is 0. The molecule has 26 heavy (non-hydrogen) atoms. The fourth-order valence-corrected chi connectivity index (χ4v) is 2.62.